The van der Waals surface area contributed by atoms with Crippen molar-refractivity contribution in [3.05, 3.63) is 27.3 Å². The van der Waals surface area contributed by atoms with Crippen LogP contribution in [0.3, 0.4) is 0 Å². The largest absolute Gasteiger partial charge is 0.493 e. The monoisotopic (exact) mass is 630 g/mol. The number of hydrogen-bond acceptors (Lipinski definition) is 4. The predicted molar refractivity (Wildman–Crippen MR) is 162 cm³/mol. The number of carbonyl (C=O) groups is 2. The van der Waals surface area contributed by atoms with Crippen LogP contribution in [-0.2, 0) is 4.74 Å². The van der Waals surface area contributed by atoms with Gasteiger partial charge in [-0.1, -0.05) is 77.6 Å². The molecule has 0 atom stereocenters. The van der Waals surface area contributed by atoms with Crippen LogP contribution in [0.5, 0.6) is 5.75 Å². The third-order valence-electron chi connectivity index (χ3n) is 6.00. The van der Waals surface area contributed by atoms with E-state index in [9.17, 15) is 9.59 Å². The van der Waals surface area contributed by atoms with Gasteiger partial charge in [-0.2, -0.15) is 0 Å². The van der Waals surface area contributed by atoms with Crippen molar-refractivity contribution in [2.75, 3.05) is 19.7 Å². The van der Waals surface area contributed by atoms with Gasteiger partial charge in [-0.05, 0) is 80.8 Å². The van der Waals surface area contributed by atoms with E-state index >= 15 is 0 Å². The zero-order chi connectivity index (χ0) is 27.4. The van der Waals surface area contributed by atoms with Gasteiger partial charge in [0.1, 0.15) is 11.4 Å². The molecule has 0 spiro atoms. The maximum atomic E-state index is 12.8. The van der Waals surface area contributed by atoms with E-state index in [2.05, 4.69) is 40.1 Å². The number of rotatable bonds is 20. The molecule has 212 valence electrons. The second kappa shape index (κ2) is 20.5. The number of ether oxygens (including phenoxy) is 2. The van der Waals surface area contributed by atoms with E-state index in [0.717, 1.165) is 35.7 Å². The highest BCUT2D eigenvalue weighted by Crippen LogP contribution is 2.22. The molecule has 2 amide bonds. The van der Waals surface area contributed by atoms with Crippen LogP contribution >= 0.6 is 22.6 Å². The number of hydrogen-bond donors (Lipinski definition) is 2. The third-order valence-corrected chi connectivity index (χ3v) is 6.67. The van der Waals surface area contributed by atoms with Crippen molar-refractivity contribution in [3.8, 4) is 5.75 Å². The van der Waals surface area contributed by atoms with Crippen molar-refractivity contribution in [2.45, 2.75) is 123 Å². The molecular weight excluding hydrogens is 579 g/mol. The second-order valence-corrected chi connectivity index (χ2v) is 12.0. The number of carbonyl (C=O) groups excluding carboxylic acids is 2. The summed E-state index contributed by atoms with van der Waals surface area (Å²) in [5.74, 6) is 0.588. The van der Waals surface area contributed by atoms with Crippen LogP contribution in [0.25, 0.3) is 0 Å². The van der Waals surface area contributed by atoms with Gasteiger partial charge in [0.25, 0.3) is 5.91 Å². The highest BCUT2D eigenvalue weighted by Gasteiger charge is 2.15. The lowest BCUT2D eigenvalue weighted by atomic mass is 10.1. The van der Waals surface area contributed by atoms with Crippen molar-refractivity contribution in [1.29, 1.82) is 0 Å². The Labute approximate surface area is 239 Å². The van der Waals surface area contributed by atoms with Gasteiger partial charge in [0, 0.05) is 16.7 Å². The van der Waals surface area contributed by atoms with Crippen LogP contribution in [0.4, 0.5) is 4.79 Å². The molecule has 0 aliphatic rings. The first kappa shape index (κ1) is 33.5. The van der Waals surface area contributed by atoms with Crippen LogP contribution in [-0.4, -0.2) is 37.3 Å². The maximum absolute atomic E-state index is 12.8. The van der Waals surface area contributed by atoms with Crippen LogP contribution < -0.4 is 15.4 Å². The Morgan fingerprint density at radius 2 is 1.32 bits per heavy atom. The lowest BCUT2D eigenvalue weighted by molar-refractivity contribution is 0.0526. The number of amides is 2. The normalized spacial score (nSPS) is 11.3. The Bertz CT molecular complexity index is 764. The van der Waals surface area contributed by atoms with Gasteiger partial charge in [0.15, 0.2) is 0 Å². The molecule has 1 rings (SSSR count). The summed E-state index contributed by atoms with van der Waals surface area (Å²) in [6.45, 7) is 9.69. The van der Waals surface area contributed by atoms with Gasteiger partial charge in [-0.3, -0.25) is 4.79 Å². The minimum atomic E-state index is -0.475. The smallest absolute Gasteiger partial charge is 0.407 e. The van der Waals surface area contributed by atoms with E-state index in [1.807, 2.05) is 39.0 Å². The molecule has 0 aliphatic carbocycles. The van der Waals surface area contributed by atoms with Crippen molar-refractivity contribution in [1.82, 2.24) is 10.6 Å². The fourth-order valence-electron chi connectivity index (χ4n) is 3.98. The average Bonchev–Trinajstić information content (AvgIpc) is 2.83. The third kappa shape index (κ3) is 18.4. The summed E-state index contributed by atoms with van der Waals surface area (Å²) >= 11 is 2.23. The molecule has 1 aromatic rings. The van der Waals surface area contributed by atoms with E-state index in [4.69, 9.17) is 9.47 Å². The molecule has 7 heteroatoms. The van der Waals surface area contributed by atoms with Crippen molar-refractivity contribution >= 4 is 34.6 Å². The number of nitrogens with one attached hydrogen (secondary N) is 2. The standard InChI is InChI=1S/C30H51IN2O4/c1-5-6-7-8-9-10-11-12-15-18-23-36-27-20-19-25(31)24-26(27)28(34)32-21-16-13-14-17-22-33-29(35)37-30(2,3)4/h19-20,24H,5-18,21-23H2,1-4H3,(H,32,34)(H,33,35). The minimum Gasteiger partial charge on any atom is -0.493 e. The zero-order valence-electron chi connectivity index (χ0n) is 23.8. The Morgan fingerprint density at radius 1 is 0.784 bits per heavy atom. The maximum Gasteiger partial charge on any atom is 0.407 e. The van der Waals surface area contributed by atoms with E-state index in [1.54, 1.807) is 0 Å². The Kier molecular flexibility index (Phi) is 18.5. The highest BCUT2D eigenvalue weighted by molar-refractivity contribution is 14.1. The minimum absolute atomic E-state index is 0.0804. The van der Waals surface area contributed by atoms with Crippen LogP contribution in [0, 0.1) is 3.57 Å². The van der Waals surface area contributed by atoms with E-state index in [1.165, 1.54) is 57.8 Å². The van der Waals surface area contributed by atoms with Gasteiger partial charge in [-0.15, -0.1) is 0 Å². The SMILES string of the molecule is CCCCCCCCCCCCOc1ccc(I)cc1C(=O)NCCCCCCNC(=O)OC(C)(C)C. The first-order valence-corrected chi connectivity index (χ1v) is 15.5. The molecule has 0 saturated heterocycles. The molecule has 0 aliphatic heterocycles. The van der Waals surface area contributed by atoms with Gasteiger partial charge in [-0.25, -0.2) is 4.79 Å². The topological polar surface area (TPSA) is 76.7 Å². The van der Waals surface area contributed by atoms with Crippen molar-refractivity contribution < 1.29 is 19.1 Å². The molecule has 0 fully saturated rings. The fraction of sp³-hybridized carbons (Fsp3) is 0.733. The molecule has 37 heavy (non-hydrogen) atoms. The Morgan fingerprint density at radius 3 is 1.92 bits per heavy atom. The van der Waals surface area contributed by atoms with Crippen LogP contribution in [0.15, 0.2) is 18.2 Å². The zero-order valence-corrected chi connectivity index (χ0v) is 25.9. The molecule has 0 saturated carbocycles. The quantitative estimate of drug-likeness (QED) is 0.112. The number of alkyl carbamates (subject to hydrolysis) is 1. The van der Waals surface area contributed by atoms with Gasteiger partial charge >= 0.3 is 6.09 Å². The molecule has 0 heterocycles. The molecule has 6 nitrogen and oxygen atoms in total. The lowest BCUT2D eigenvalue weighted by Crippen LogP contribution is -2.33. The van der Waals surface area contributed by atoms with E-state index < -0.39 is 5.60 Å². The first-order valence-electron chi connectivity index (χ1n) is 14.4. The summed E-state index contributed by atoms with van der Waals surface area (Å²) < 4.78 is 12.2. The predicted octanol–water partition coefficient (Wildman–Crippen LogP) is 8.41. The summed E-state index contributed by atoms with van der Waals surface area (Å²) in [7, 11) is 0. The van der Waals surface area contributed by atoms with Crippen molar-refractivity contribution in [3.63, 3.8) is 0 Å². The molecule has 0 unspecified atom stereocenters. The molecule has 0 bridgehead atoms. The summed E-state index contributed by atoms with van der Waals surface area (Å²) in [6, 6.07) is 5.79. The second-order valence-electron chi connectivity index (χ2n) is 10.8. The van der Waals surface area contributed by atoms with Gasteiger partial charge in [0.05, 0.1) is 12.2 Å². The summed E-state index contributed by atoms with van der Waals surface area (Å²) in [6.07, 6.45) is 16.3. The van der Waals surface area contributed by atoms with E-state index in [0.29, 0.717) is 31.0 Å². The van der Waals surface area contributed by atoms with E-state index in [-0.39, 0.29) is 12.0 Å². The Hall–Kier alpha value is -1.51. The Balaban J connectivity index is 2.19. The lowest BCUT2D eigenvalue weighted by Gasteiger charge is -2.19. The van der Waals surface area contributed by atoms with Gasteiger partial charge in [0.2, 0.25) is 0 Å². The first-order chi connectivity index (χ1) is 17.7. The van der Waals surface area contributed by atoms with Crippen LogP contribution in [0.1, 0.15) is 128 Å². The molecule has 2 N–H and O–H groups in total. The van der Waals surface area contributed by atoms with Crippen molar-refractivity contribution in [2.24, 2.45) is 0 Å². The van der Waals surface area contributed by atoms with Gasteiger partial charge < -0.3 is 20.1 Å². The molecule has 0 aromatic heterocycles. The molecule has 0 radical (unpaired) electrons. The highest BCUT2D eigenvalue weighted by atomic mass is 127. The van der Waals surface area contributed by atoms with Crippen LogP contribution in [0.2, 0.25) is 0 Å². The number of unbranched alkanes of at least 4 members (excludes halogenated alkanes) is 12. The molecule has 1 aromatic carbocycles. The summed E-state index contributed by atoms with van der Waals surface area (Å²) in [5.41, 5.74) is 0.136. The molecular formula is C30H51IN2O4. The summed E-state index contributed by atoms with van der Waals surface area (Å²) in [4.78, 5) is 24.4. The number of benzene rings is 1. The fourth-order valence-corrected chi connectivity index (χ4v) is 4.47. The number of halogens is 1. The average molecular weight is 631 g/mol. The summed E-state index contributed by atoms with van der Waals surface area (Å²) in [5, 5.41) is 5.81.